The maximum absolute atomic E-state index is 9.57. The summed E-state index contributed by atoms with van der Waals surface area (Å²) < 4.78 is 0.697. The normalized spacial score (nSPS) is 10.4. The minimum atomic E-state index is 0.251. The summed E-state index contributed by atoms with van der Waals surface area (Å²) in [4.78, 5) is 4.10. The molecule has 0 bridgehead atoms. The largest absolute Gasteiger partial charge is 0.506 e. The zero-order chi connectivity index (χ0) is 8.55. The molecular formula is C9H6BrNO. The molecule has 1 heterocycles. The van der Waals surface area contributed by atoms with Crippen molar-refractivity contribution in [1.29, 1.82) is 0 Å². The molecule has 0 saturated heterocycles. The van der Waals surface area contributed by atoms with Crippen LogP contribution in [0.4, 0.5) is 0 Å². The highest BCUT2D eigenvalue weighted by molar-refractivity contribution is 9.10. The van der Waals surface area contributed by atoms with Crippen LogP contribution in [0.15, 0.2) is 34.9 Å². The van der Waals surface area contributed by atoms with Gasteiger partial charge in [0.25, 0.3) is 0 Å². The molecule has 3 heteroatoms. The second-order valence-corrected chi connectivity index (χ2v) is 3.32. The number of aromatic nitrogens is 1. The van der Waals surface area contributed by atoms with Crippen LogP contribution in [0.2, 0.25) is 0 Å². The number of pyridine rings is 1. The molecule has 2 rings (SSSR count). The maximum atomic E-state index is 9.57. The molecule has 0 aliphatic carbocycles. The summed E-state index contributed by atoms with van der Waals surface area (Å²) in [5.74, 6) is 0.251. The minimum Gasteiger partial charge on any atom is -0.506 e. The lowest BCUT2D eigenvalue weighted by molar-refractivity contribution is 0.478. The first-order valence-corrected chi connectivity index (χ1v) is 4.30. The van der Waals surface area contributed by atoms with Crippen molar-refractivity contribution in [3.63, 3.8) is 0 Å². The third kappa shape index (κ3) is 1.06. The van der Waals surface area contributed by atoms with Gasteiger partial charge in [-0.25, -0.2) is 0 Å². The molecule has 2 nitrogen and oxygen atoms in total. The topological polar surface area (TPSA) is 33.1 Å². The summed E-state index contributed by atoms with van der Waals surface area (Å²) in [7, 11) is 0. The number of phenols is 1. The number of aromatic hydroxyl groups is 1. The van der Waals surface area contributed by atoms with E-state index < -0.39 is 0 Å². The van der Waals surface area contributed by atoms with Gasteiger partial charge in [-0.3, -0.25) is 4.98 Å². The van der Waals surface area contributed by atoms with Crippen molar-refractivity contribution >= 4 is 26.8 Å². The fraction of sp³-hybridized carbons (Fsp3) is 0. The van der Waals surface area contributed by atoms with Crippen molar-refractivity contribution in [2.75, 3.05) is 0 Å². The molecule has 0 spiro atoms. The molecule has 1 aromatic heterocycles. The van der Waals surface area contributed by atoms with Gasteiger partial charge in [0.05, 0.1) is 9.99 Å². The first-order valence-electron chi connectivity index (χ1n) is 3.51. The van der Waals surface area contributed by atoms with Gasteiger partial charge in [-0.15, -0.1) is 0 Å². The first-order chi connectivity index (χ1) is 5.79. The van der Waals surface area contributed by atoms with Gasteiger partial charge >= 0.3 is 0 Å². The van der Waals surface area contributed by atoms with E-state index in [1.165, 1.54) is 0 Å². The molecule has 1 N–H and O–H groups in total. The molecule has 0 unspecified atom stereocenters. The third-order valence-electron chi connectivity index (χ3n) is 1.71. The molecule has 0 amide bonds. The Morgan fingerprint density at radius 1 is 1.25 bits per heavy atom. The smallest absolute Gasteiger partial charge is 0.139 e. The van der Waals surface area contributed by atoms with Crippen LogP contribution in [0.25, 0.3) is 10.9 Å². The van der Waals surface area contributed by atoms with Gasteiger partial charge in [0.1, 0.15) is 5.75 Å². The fourth-order valence-corrected chi connectivity index (χ4v) is 1.46. The molecule has 12 heavy (non-hydrogen) atoms. The van der Waals surface area contributed by atoms with Crippen LogP contribution >= 0.6 is 15.9 Å². The number of hydrogen-bond acceptors (Lipinski definition) is 2. The van der Waals surface area contributed by atoms with Crippen LogP contribution in [0.3, 0.4) is 0 Å². The number of hydrogen-bond donors (Lipinski definition) is 1. The zero-order valence-corrected chi connectivity index (χ0v) is 7.75. The van der Waals surface area contributed by atoms with Crippen LogP contribution < -0.4 is 0 Å². The van der Waals surface area contributed by atoms with E-state index in [1.54, 1.807) is 18.3 Å². The third-order valence-corrected chi connectivity index (χ3v) is 2.35. The number of benzene rings is 1. The van der Waals surface area contributed by atoms with Crippen molar-refractivity contribution in [3.05, 3.63) is 34.9 Å². The molecule has 0 aliphatic rings. The van der Waals surface area contributed by atoms with E-state index in [1.807, 2.05) is 12.1 Å². The fourth-order valence-electron chi connectivity index (χ4n) is 1.11. The van der Waals surface area contributed by atoms with Crippen molar-refractivity contribution in [2.45, 2.75) is 0 Å². The number of fused-ring (bicyclic) bond motifs is 1. The second kappa shape index (κ2) is 2.75. The quantitative estimate of drug-likeness (QED) is 0.746. The lowest BCUT2D eigenvalue weighted by Gasteiger charge is -2.00. The van der Waals surface area contributed by atoms with Gasteiger partial charge in [0.2, 0.25) is 0 Å². The predicted octanol–water partition coefficient (Wildman–Crippen LogP) is 2.70. The predicted molar refractivity (Wildman–Crippen MR) is 51.1 cm³/mol. The van der Waals surface area contributed by atoms with Crippen molar-refractivity contribution < 1.29 is 5.11 Å². The molecule has 0 fully saturated rings. The van der Waals surface area contributed by atoms with E-state index in [9.17, 15) is 5.11 Å². The second-order valence-electron chi connectivity index (χ2n) is 2.47. The lowest BCUT2D eigenvalue weighted by Crippen LogP contribution is -1.78. The molecular weight excluding hydrogens is 218 g/mol. The Kier molecular flexibility index (Phi) is 1.73. The Morgan fingerprint density at radius 2 is 2.08 bits per heavy atom. The molecule has 0 saturated carbocycles. The molecule has 1 aromatic carbocycles. The zero-order valence-electron chi connectivity index (χ0n) is 6.16. The van der Waals surface area contributed by atoms with E-state index in [0.717, 1.165) is 10.9 Å². The van der Waals surface area contributed by atoms with E-state index in [2.05, 4.69) is 20.9 Å². The summed E-state index contributed by atoms with van der Waals surface area (Å²) in [6, 6.07) is 7.28. The van der Waals surface area contributed by atoms with Crippen LogP contribution in [-0.4, -0.2) is 10.1 Å². The van der Waals surface area contributed by atoms with Gasteiger partial charge < -0.3 is 5.11 Å². The summed E-state index contributed by atoms with van der Waals surface area (Å²) in [5.41, 5.74) is 0.804. The molecule has 0 atom stereocenters. The standard InChI is InChI=1S/C9H6BrNO/c10-7-3-4-8-6(9(7)12)2-1-5-11-8/h1-5,12H. The van der Waals surface area contributed by atoms with Gasteiger partial charge in [-0.05, 0) is 40.2 Å². The average molecular weight is 224 g/mol. The lowest BCUT2D eigenvalue weighted by atomic mass is 10.2. The van der Waals surface area contributed by atoms with Crippen molar-refractivity contribution in [2.24, 2.45) is 0 Å². The summed E-state index contributed by atoms with van der Waals surface area (Å²) in [5, 5.41) is 10.3. The first kappa shape index (κ1) is 7.55. The SMILES string of the molecule is Oc1c(Br)ccc2ncccc12. The number of phenolic OH excluding ortho intramolecular Hbond substituents is 1. The summed E-state index contributed by atoms with van der Waals surface area (Å²) in [6.45, 7) is 0. The molecule has 2 aromatic rings. The maximum Gasteiger partial charge on any atom is 0.139 e. The van der Waals surface area contributed by atoms with Gasteiger partial charge in [-0.2, -0.15) is 0 Å². The Hall–Kier alpha value is -1.09. The van der Waals surface area contributed by atoms with Crippen LogP contribution in [0.1, 0.15) is 0 Å². The Bertz CT molecular complexity index is 428. The monoisotopic (exact) mass is 223 g/mol. The van der Waals surface area contributed by atoms with Crippen LogP contribution in [-0.2, 0) is 0 Å². The number of nitrogens with zero attached hydrogens (tertiary/aromatic N) is 1. The average Bonchev–Trinajstić information content (AvgIpc) is 2.12. The minimum absolute atomic E-state index is 0.251. The number of rotatable bonds is 0. The number of halogens is 1. The van der Waals surface area contributed by atoms with E-state index in [0.29, 0.717) is 4.47 Å². The van der Waals surface area contributed by atoms with Gasteiger partial charge in [-0.1, -0.05) is 0 Å². The molecule has 0 aliphatic heterocycles. The van der Waals surface area contributed by atoms with Crippen LogP contribution in [0, 0.1) is 0 Å². The van der Waals surface area contributed by atoms with Crippen molar-refractivity contribution in [3.8, 4) is 5.75 Å². The highest BCUT2D eigenvalue weighted by Crippen LogP contribution is 2.30. The van der Waals surface area contributed by atoms with Crippen LogP contribution in [0.5, 0.6) is 5.75 Å². The van der Waals surface area contributed by atoms with Gasteiger partial charge in [0, 0.05) is 11.6 Å². The Labute approximate surface area is 78.0 Å². The van der Waals surface area contributed by atoms with Crippen molar-refractivity contribution in [1.82, 2.24) is 4.98 Å². The summed E-state index contributed by atoms with van der Waals surface area (Å²) in [6.07, 6.45) is 1.70. The Morgan fingerprint density at radius 3 is 2.92 bits per heavy atom. The van der Waals surface area contributed by atoms with E-state index in [-0.39, 0.29) is 5.75 Å². The Balaban J connectivity index is 2.91. The molecule has 0 radical (unpaired) electrons. The molecule has 60 valence electrons. The highest BCUT2D eigenvalue weighted by atomic mass is 79.9. The highest BCUT2D eigenvalue weighted by Gasteiger charge is 2.02. The van der Waals surface area contributed by atoms with E-state index >= 15 is 0 Å². The van der Waals surface area contributed by atoms with E-state index in [4.69, 9.17) is 0 Å². The van der Waals surface area contributed by atoms with Gasteiger partial charge in [0.15, 0.2) is 0 Å². The summed E-state index contributed by atoms with van der Waals surface area (Å²) >= 11 is 3.24.